The first kappa shape index (κ1) is 21.2. The van der Waals surface area contributed by atoms with Gasteiger partial charge in [-0.25, -0.2) is 4.99 Å². The van der Waals surface area contributed by atoms with Crippen molar-refractivity contribution >= 4 is 41.5 Å². The summed E-state index contributed by atoms with van der Waals surface area (Å²) in [6.07, 6.45) is 2.59. The second kappa shape index (κ2) is 10.3. The number of halogens is 1. The Morgan fingerprint density at radius 1 is 1.19 bits per heavy atom. The third-order valence-electron chi connectivity index (χ3n) is 4.68. The number of nitrogens with two attached hydrogens (primary N) is 1. The molecular weight excluding hydrogens is 451 g/mol. The van der Waals surface area contributed by atoms with Crippen LogP contribution in [-0.2, 0) is 24.3 Å². The van der Waals surface area contributed by atoms with Gasteiger partial charge in [-0.2, -0.15) is 0 Å². The van der Waals surface area contributed by atoms with Crippen molar-refractivity contribution in [2.45, 2.75) is 39.3 Å². The quantitative estimate of drug-likeness (QED) is 0.376. The zero-order valence-corrected chi connectivity index (χ0v) is 18.0. The van der Waals surface area contributed by atoms with Crippen LogP contribution in [0.2, 0.25) is 0 Å². The minimum atomic E-state index is 0. The number of guanidine groups is 1. The molecule has 1 aliphatic heterocycles. The van der Waals surface area contributed by atoms with Gasteiger partial charge in [0.15, 0.2) is 5.96 Å². The van der Waals surface area contributed by atoms with Gasteiger partial charge >= 0.3 is 0 Å². The molecule has 1 heterocycles. The Bertz CT molecular complexity index is 806. The molecule has 0 bridgehead atoms. The summed E-state index contributed by atoms with van der Waals surface area (Å²) in [6.45, 7) is 4.10. The van der Waals surface area contributed by atoms with Crippen LogP contribution >= 0.6 is 24.0 Å². The topological polar surface area (TPSA) is 70.7 Å². The van der Waals surface area contributed by atoms with E-state index in [1.807, 2.05) is 35.2 Å². The molecule has 2 aromatic carbocycles. The molecule has 0 aliphatic carbocycles. The Kier molecular flexibility index (Phi) is 8.09. The number of anilines is 1. The van der Waals surface area contributed by atoms with E-state index in [1.54, 1.807) is 0 Å². The zero-order chi connectivity index (χ0) is 18.4. The van der Waals surface area contributed by atoms with Gasteiger partial charge < -0.3 is 16.0 Å². The summed E-state index contributed by atoms with van der Waals surface area (Å²) in [4.78, 5) is 18.3. The van der Waals surface area contributed by atoms with Crippen LogP contribution in [0, 0.1) is 0 Å². The highest BCUT2D eigenvalue weighted by molar-refractivity contribution is 14.0. The normalized spacial score (nSPS) is 14.2. The fourth-order valence-corrected chi connectivity index (χ4v) is 3.17. The van der Waals surface area contributed by atoms with Crippen molar-refractivity contribution in [2.75, 3.05) is 11.9 Å². The van der Waals surface area contributed by atoms with E-state index >= 15 is 0 Å². The van der Waals surface area contributed by atoms with Crippen molar-refractivity contribution < 1.29 is 4.79 Å². The van der Waals surface area contributed by atoms with Gasteiger partial charge in [-0.15, -0.1) is 24.0 Å². The van der Waals surface area contributed by atoms with Gasteiger partial charge in [-0.3, -0.25) is 4.79 Å². The molecule has 144 valence electrons. The van der Waals surface area contributed by atoms with E-state index in [9.17, 15) is 4.79 Å². The number of rotatable bonds is 6. The summed E-state index contributed by atoms with van der Waals surface area (Å²) in [6, 6.07) is 16.3. The number of nitrogens with zero attached hydrogens (tertiary/aromatic N) is 2. The van der Waals surface area contributed by atoms with Crippen molar-refractivity contribution in [1.29, 1.82) is 0 Å². The number of aryl methyl sites for hydroxylation is 1. The zero-order valence-electron chi connectivity index (χ0n) is 15.6. The molecule has 6 heteroatoms. The number of likely N-dealkylation sites (tertiary alicyclic amines) is 1. The summed E-state index contributed by atoms with van der Waals surface area (Å²) in [5.41, 5.74) is 10.5. The van der Waals surface area contributed by atoms with E-state index in [4.69, 9.17) is 5.73 Å². The molecule has 0 atom stereocenters. The lowest BCUT2D eigenvalue weighted by Crippen LogP contribution is -2.25. The standard InChI is InChI=1S/C21H26N4O.HI/c1-2-16-7-5-10-19(13-16)24-21(22)23-14-17-8-3-4-9-18(17)15-25-12-6-11-20(25)26;/h3-5,7-10,13H,2,6,11-12,14-15H2,1H3,(H3,22,23,24);1H. The molecule has 3 rings (SSSR count). The average molecular weight is 478 g/mol. The van der Waals surface area contributed by atoms with Crippen molar-refractivity contribution in [1.82, 2.24) is 4.90 Å². The number of aliphatic imine (C=N–C) groups is 1. The van der Waals surface area contributed by atoms with E-state index in [-0.39, 0.29) is 29.9 Å². The maximum atomic E-state index is 11.9. The van der Waals surface area contributed by atoms with E-state index < -0.39 is 0 Å². The second-order valence-electron chi connectivity index (χ2n) is 6.57. The van der Waals surface area contributed by atoms with Gasteiger partial charge in [-0.1, -0.05) is 43.3 Å². The smallest absolute Gasteiger partial charge is 0.222 e. The Labute approximate surface area is 178 Å². The van der Waals surface area contributed by atoms with Gasteiger partial charge in [0.2, 0.25) is 5.91 Å². The molecule has 5 nitrogen and oxygen atoms in total. The van der Waals surface area contributed by atoms with E-state index in [1.165, 1.54) is 5.56 Å². The molecule has 1 fully saturated rings. The largest absolute Gasteiger partial charge is 0.370 e. The summed E-state index contributed by atoms with van der Waals surface area (Å²) in [5, 5.41) is 3.15. The number of carbonyl (C=O) groups is 1. The molecule has 0 radical (unpaired) electrons. The van der Waals surface area contributed by atoms with Crippen LogP contribution in [0.25, 0.3) is 0 Å². The Hall–Kier alpha value is -2.09. The van der Waals surface area contributed by atoms with Gasteiger partial charge in [0.1, 0.15) is 0 Å². The SMILES string of the molecule is CCc1cccc(NC(N)=NCc2ccccc2CN2CCCC2=O)c1.I. The van der Waals surface area contributed by atoms with Crippen LogP contribution in [0.4, 0.5) is 5.69 Å². The first-order valence-electron chi connectivity index (χ1n) is 9.16. The van der Waals surface area contributed by atoms with Crippen molar-refractivity contribution in [3.63, 3.8) is 0 Å². The second-order valence-corrected chi connectivity index (χ2v) is 6.57. The maximum absolute atomic E-state index is 11.9. The summed E-state index contributed by atoms with van der Waals surface area (Å²) in [7, 11) is 0. The number of carbonyl (C=O) groups excluding carboxylic acids is 1. The predicted molar refractivity (Wildman–Crippen MR) is 121 cm³/mol. The number of benzene rings is 2. The van der Waals surface area contributed by atoms with Gasteiger partial charge in [-0.05, 0) is 41.7 Å². The summed E-state index contributed by atoms with van der Waals surface area (Å²) in [5.74, 6) is 0.630. The first-order valence-corrected chi connectivity index (χ1v) is 9.16. The highest BCUT2D eigenvalue weighted by atomic mass is 127. The predicted octanol–water partition coefficient (Wildman–Crippen LogP) is 3.92. The summed E-state index contributed by atoms with van der Waals surface area (Å²) >= 11 is 0. The lowest BCUT2D eigenvalue weighted by atomic mass is 10.1. The fourth-order valence-electron chi connectivity index (χ4n) is 3.17. The van der Waals surface area contributed by atoms with Crippen molar-refractivity contribution in [3.8, 4) is 0 Å². The first-order chi connectivity index (χ1) is 12.7. The van der Waals surface area contributed by atoms with Crippen LogP contribution < -0.4 is 11.1 Å². The molecular formula is C21H27IN4O. The van der Waals surface area contributed by atoms with Crippen LogP contribution in [0.5, 0.6) is 0 Å². The molecule has 3 N–H and O–H groups in total. The summed E-state index contributed by atoms with van der Waals surface area (Å²) < 4.78 is 0. The number of hydrogen-bond acceptors (Lipinski definition) is 2. The third kappa shape index (κ3) is 5.95. The molecule has 1 aliphatic rings. The minimum Gasteiger partial charge on any atom is -0.370 e. The Morgan fingerprint density at radius 2 is 1.96 bits per heavy atom. The molecule has 27 heavy (non-hydrogen) atoms. The van der Waals surface area contributed by atoms with Gasteiger partial charge in [0, 0.05) is 25.2 Å². The van der Waals surface area contributed by atoms with Crippen LogP contribution in [0.3, 0.4) is 0 Å². The maximum Gasteiger partial charge on any atom is 0.222 e. The Balaban J connectivity index is 0.00000261. The molecule has 1 saturated heterocycles. The fraction of sp³-hybridized carbons (Fsp3) is 0.333. The molecule has 0 aromatic heterocycles. The third-order valence-corrected chi connectivity index (χ3v) is 4.68. The molecule has 0 unspecified atom stereocenters. The van der Waals surface area contributed by atoms with Crippen molar-refractivity contribution in [3.05, 3.63) is 65.2 Å². The molecule has 0 saturated carbocycles. The van der Waals surface area contributed by atoms with Crippen LogP contribution in [0.1, 0.15) is 36.5 Å². The molecule has 0 spiro atoms. The van der Waals surface area contributed by atoms with Gasteiger partial charge in [0.05, 0.1) is 6.54 Å². The monoisotopic (exact) mass is 478 g/mol. The number of nitrogens with one attached hydrogen (secondary N) is 1. The van der Waals surface area contributed by atoms with E-state index in [0.29, 0.717) is 25.5 Å². The lowest BCUT2D eigenvalue weighted by molar-refractivity contribution is -0.128. The highest BCUT2D eigenvalue weighted by Gasteiger charge is 2.20. The lowest BCUT2D eigenvalue weighted by Gasteiger charge is -2.17. The molecule has 2 aromatic rings. The van der Waals surface area contributed by atoms with Gasteiger partial charge in [0.25, 0.3) is 0 Å². The molecule has 1 amide bonds. The highest BCUT2D eigenvalue weighted by Crippen LogP contribution is 2.18. The van der Waals surface area contributed by atoms with E-state index in [2.05, 4.69) is 35.4 Å². The Morgan fingerprint density at radius 3 is 2.67 bits per heavy atom. The average Bonchev–Trinajstić information content (AvgIpc) is 3.06. The van der Waals surface area contributed by atoms with E-state index in [0.717, 1.165) is 36.2 Å². The minimum absolute atomic E-state index is 0. The van der Waals surface area contributed by atoms with Crippen LogP contribution in [-0.4, -0.2) is 23.3 Å². The van der Waals surface area contributed by atoms with Crippen molar-refractivity contribution in [2.24, 2.45) is 10.7 Å². The van der Waals surface area contributed by atoms with Crippen LogP contribution in [0.15, 0.2) is 53.5 Å². The number of amides is 1. The number of hydrogen-bond donors (Lipinski definition) is 2.